The molecule has 0 unspecified atom stereocenters. The van der Waals surface area contributed by atoms with E-state index in [1.807, 2.05) is 91.0 Å². The Labute approximate surface area is 270 Å². The van der Waals surface area contributed by atoms with Gasteiger partial charge in [0, 0.05) is 10.8 Å². The smallest absolute Gasteiger partial charge is 0.136 e. The fraction of sp³-hybridized carbons (Fsp3) is 0. The molecule has 0 saturated carbocycles. The van der Waals surface area contributed by atoms with E-state index < -0.39 is 24.2 Å². The molecule has 1 heteroatoms. The van der Waals surface area contributed by atoms with Crippen molar-refractivity contribution in [3.05, 3.63) is 158 Å². The van der Waals surface area contributed by atoms with Crippen LogP contribution in [0.5, 0.6) is 0 Å². The molecule has 0 aliphatic rings. The van der Waals surface area contributed by atoms with Crippen molar-refractivity contribution in [3.63, 3.8) is 0 Å². The third-order valence-electron chi connectivity index (χ3n) is 9.06. The zero-order valence-electron chi connectivity index (χ0n) is 31.8. The standard InChI is InChI=1S/C44H26O/c1-2-13-29-27(12-1)24-25-28-26-38(30-14-3-4-15-31(30)41(28)29)43-34-18-7-5-16-32(34)42(33-17-6-8-19-35(33)43)37-21-11-23-40-44(37)36-20-9-10-22-39(36)45-40/h1-26H/i5D,6D,7D,8D,16D,17D,18D,19D. The van der Waals surface area contributed by atoms with Crippen molar-refractivity contribution >= 4 is 75.8 Å². The number of benzene rings is 9. The number of fused-ring (bicyclic) bond motifs is 10. The molecule has 45 heavy (non-hydrogen) atoms. The monoisotopic (exact) mass is 578 g/mol. The Morgan fingerprint density at radius 1 is 0.378 bits per heavy atom. The van der Waals surface area contributed by atoms with Crippen LogP contribution in [0.25, 0.3) is 98.1 Å². The maximum atomic E-state index is 9.51. The van der Waals surface area contributed by atoms with Crippen LogP contribution in [0.1, 0.15) is 11.0 Å². The summed E-state index contributed by atoms with van der Waals surface area (Å²) in [4.78, 5) is 0. The molecule has 0 radical (unpaired) electrons. The Bertz CT molecular complexity index is 3190. The summed E-state index contributed by atoms with van der Waals surface area (Å²) >= 11 is 0. The molecule has 9 aromatic carbocycles. The predicted octanol–water partition coefficient (Wildman–Crippen LogP) is 12.7. The van der Waals surface area contributed by atoms with E-state index in [1.54, 1.807) is 6.07 Å². The molecule has 0 fully saturated rings. The van der Waals surface area contributed by atoms with E-state index in [0.29, 0.717) is 38.8 Å². The highest BCUT2D eigenvalue weighted by molar-refractivity contribution is 6.30. The van der Waals surface area contributed by atoms with Gasteiger partial charge in [-0.2, -0.15) is 0 Å². The highest BCUT2D eigenvalue weighted by Gasteiger charge is 2.21. The van der Waals surface area contributed by atoms with Crippen molar-refractivity contribution in [1.29, 1.82) is 0 Å². The lowest BCUT2D eigenvalue weighted by atomic mass is 9.83. The second-order valence-electron chi connectivity index (χ2n) is 11.4. The van der Waals surface area contributed by atoms with Crippen LogP contribution in [0.3, 0.4) is 0 Å². The quantitative estimate of drug-likeness (QED) is 0.147. The third-order valence-corrected chi connectivity index (χ3v) is 9.06. The molecule has 1 nitrogen and oxygen atoms in total. The molecule has 1 aromatic heterocycles. The van der Waals surface area contributed by atoms with Gasteiger partial charge in [-0.1, -0.05) is 139 Å². The van der Waals surface area contributed by atoms with Crippen LogP contribution in [-0.4, -0.2) is 0 Å². The molecule has 10 rings (SSSR count). The fourth-order valence-electron chi connectivity index (χ4n) is 7.23. The summed E-state index contributed by atoms with van der Waals surface area (Å²) < 4.78 is 79.9. The summed E-state index contributed by atoms with van der Waals surface area (Å²) in [6, 6.07) is 32.1. The van der Waals surface area contributed by atoms with Crippen LogP contribution in [0.15, 0.2) is 162 Å². The molecular formula is C44H26O. The largest absolute Gasteiger partial charge is 0.456 e. The number of hydrogen-bond acceptors (Lipinski definition) is 1. The van der Waals surface area contributed by atoms with Crippen LogP contribution in [0, 0.1) is 0 Å². The van der Waals surface area contributed by atoms with Gasteiger partial charge in [0.15, 0.2) is 0 Å². The molecule has 1 heterocycles. The lowest BCUT2D eigenvalue weighted by molar-refractivity contribution is 0.669. The number of rotatable bonds is 2. The van der Waals surface area contributed by atoms with E-state index in [4.69, 9.17) is 9.90 Å². The summed E-state index contributed by atoms with van der Waals surface area (Å²) in [5, 5.41) is 7.90. The zero-order valence-corrected chi connectivity index (χ0v) is 23.8. The van der Waals surface area contributed by atoms with Gasteiger partial charge in [-0.25, -0.2) is 0 Å². The first-order valence-electron chi connectivity index (χ1n) is 18.9. The Morgan fingerprint density at radius 2 is 0.933 bits per heavy atom. The maximum absolute atomic E-state index is 9.51. The summed E-state index contributed by atoms with van der Waals surface area (Å²) in [6.45, 7) is 0. The van der Waals surface area contributed by atoms with Crippen molar-refractivity contribution in [2.45, 2.75) is 0 Å². The predicted molar refractivity (Wildman–Crippen MR) is 192 cm³/mol. The minimum absolute atomic E-state index is 0.170. The van der Waals surface area contributed by atoms with Crippen LogP contribution < -0.4 is 0 Å². The second-order valence-corrected chi connectivity index (χ2v) is 11.4. The van der Waals surface area contributed by atoms with E-state index >= 15 is 0 Å². The summed E-state index contributed by atoms with van der Waals surface area (Å²) in [5.41, 5.74) is 2.94. The average molecular weight is 579 g/mol. The van der Waals surface area contributed by atoms with Crippen LogP contribution in [0.4, 0.5) is 0 Å². The van der Waals surface area contributed by atoms with E-state index in [9.17, 15) is 5.48 Å². The molecule has 0 N–H and O–H groups in total. The zero-order chi connectivity index (χ0) is 36.4. The van der Waals surface area contributed by atoms with Crippen molar-refractivity contribution < 1.29 is 15.4 Å². The number of furan rings is 1. The van der Waals surface area contributed by atoms with Crippen LogP contribution >= 0.6 is 0 Å². The van der Waals surface area contributed by atoms with Crippen molar-refractivity contribution in [2.24, 2.45) is 0 Å². The van der Waals surface area contributed by atoms with E-state index in [1.165, 1.54) is 0 Å². The normalized spacial score (nSPS) is 14.5. The van der Waals surface area contributed by atoms with Gasteiger partial charge in [0.25, 0.3) is 0 Å². The van der Waals surface area contributed by atoms with Crippen LogP contribution in [0.2, 0.25) is 0 Å². The van der Waals surface area contributed by atoms with Gasteiger partial charge in [0.1, 0.15) is 11.2 Å². The lowest BCUT2D eigenvalue weighted by Gasteiger charge is -2.20. The SMILES string of the molecule is [2H]c1c([2H])c([2H])c2c(-c3cccc4oc5ccccc5c34)c3c([2H])c([2H])c([2H])c([2H])c3c(-c3cc4ccc5ccccc5c4c4ccccc34)c2c1[2H]. The first-order valence-corrected chi connectivity index (χ1v) is 14.9. The van der Waals surface area contributed by atoms with Gasteiger partial charge in [-0.05, 0) is 94.3 Å². The summed E-state index contributed by atoms with van der Waals surface area (Å²) in [6.07, 6.45) is 0. The van der Waals surface area contributed by atoms with Gasteiger partial charge in [-0.3, -0.25) is 0 Å². The molecule has 0 bridgehead atoms. The molecule has 0 amide bonds. The van der Waals surface area contributed by atoms with Gasteiger partial charge < -0.3 is 4.42 Å². The van der Waals surface area contributed by atoms with E-state index in [-0.39, 0.29) is 45.7 Å². The maximum Gasteiger partial charge on any atom is 0.136 e. The van der Waals surface area contributed by atoms with Crippen molar-refractivity contribution in [2.75, 3.05) is 0 Å². The molecule has 0 aliphatic carbocycles. The van der Waals surface area contributed by atoms with Gasteiger partial charge in [0.05, 0.1) is 11.0 Å². The van der Waals surface area contributed by atoms with Crippen molar-refractivity contribution in [1.82, 2.24) is 0 Å². The Morgan fingerprint density at radius 3 is 1.67 bits per heavy atom. The molecule has 0 atom stereocenters. The van der Waals surface area contributed by atoms with Crippen LogP contribution in [-0.2, 0) is 0 Å². The van der Waals surface area contributed by atoms with Gasteiger partial charge in [-0.15, -0.1) is 0 Å². The molecule has 0 saturated heterocycles. The fourth-order valence-corrected chi connectivity index (χ4v) is 7.23. The molecule has 0 spiro atoms. The van der Waals surface area contributed by atoms with E-state index in [2.05, 4.69) is 12.1 Å². The van der Waals surface area contributed by atoms with Gasteiger partial charge >= 0.3 is 0 Å². The summed E-state index contributed by atoms with van der Waals surface area (Å²) in [5.74, 6) is 0. The molecule has 208 valence electrons. The molecular weight excluding hydrogens is 544 g/mol. The Hall–Kier alpha value is -5.92. The molecule has 0 aliphatic heterocycles. The first-order chi connectivity index (χ1) is 25.7. The minimum atomic E-state index is -0.436. The topological polar surface area (TPSA) is 13.1 Å². The number of para-hydroxylation sites is 1. The molecule has 10 aromatic rings. The minimum Gasteiger partial charge on any atom is -0.456 e. The second kappa shape index (κ2) is 9.29. The third kappa shape index (κ3) is 3.44. The van der Waals surface area contributed by atoms with Crippen molar-refractivity contribution in [3.8, 4) is 22.3 Å². The average Bonchev–Trinajstić information content (AvgIpc) is 3.58. The highest BCUT2D eigenvalue weighted by Crippen LogP contribution is 2.49. The Kier molecular flexibility index (Phi) is 3.72. The summed E-state index contributed by atoms with van der Waals surface area (Å²) in [7, 11) is 0. The first kappa shape index (κ1) is 18.0. The Balaban J connectivity index is 1.53. The highest BCUT2D eigenvalue weighted by atomic mass is 16.3. The number of hydrogen-bond donors (Lipinski definition) is 0. The van der Waals surface area contributed by atoms with Gasteiger partial charge in [0.2, 0.25) is 0 Å². The van der Waals surface area contributed by atoms with E-state index in [0.717, 1.165) is 37.7 Å². The lowest BCUT2D eigenvalue weighted by Crippen LogP contribution is -1.93.